The Morgan fingerprint density at radius 3 is 1.93 bits per heavy atom. The SMILES string of the molecule is CC(C)CCN(C)C[C@@H](C)CC(C)C. The lowest BCUT2D eigenvalue weighted by Crippen LogP contribution is -2.26. The number of hydrogen-bond acceptors (Lipinski definition) is 1. The first-order chi connectivity index (χ1) is 6.41. The van der Waals surface area contributed by atoms with Crippen molar-refractivity contribution >= 4 is 0 Å². The monoisotopic (exact) mass is 199 g/mol. The Hall–Kier alpha value is -0.0400. The van der Waals surface area contributed by atoms with E-state index in [2.05, 4.69) is 46.6 Å². The third-order valence-corrected chi connectivity index (χ3v) is 2.59. The lowest BCUT2D eigenvalue weighted by molar-refractivity contribution is 0.252. The van der Waals surface area contributed by atoms with Gasteiger partial charge in [0.15, 0.2) is 0 Å². The van der Waals surface area contributed by atoms with Crippen molar-refractivity contribution in [1.82, 2.24) is 4.90 Å². The Bertz CT molecular complexity index is 129. The van der Waals surface area contributed by atoms with Gasteiger partial charge >= 0.3 is 0 Å². The molecule has 0 aromatic carbocycles. The maximum atomic E-state index is 2.48. The standard InChI is InChI=1S/C13H29N/c1-11(2)7-8-14(6)10-13(5)9-12(3)4/h11-13H,7-10H2,1-6H3/t13-/m0/s1. The van der Waals surface area contributed by atoms with Gasteiger partial charge in [0, 0.05) is 6.54 Å². The first kappa shape index (κ1) is 14.0. The second-order valence-electron chi connectivity index (χ2n) is 5.68. The Kier molecular flexibility index (Phi) is 7.26. The van der Waals surface area contributed by atoms with Gasteiger partial charge in [-0.05, 0) is 44.2 Å². The molecule has 86 valence electrons. The molecule has 0 aromatic rings. The van der Waals surface area contributed by atoms with E-state index in [0.717, 1.165) is 17.8 Å². The molecule has 0 unspecified atom stereocenters. The van der Waals surface area contributed by atoms with Gasteiger partial charge in [0.25, 0.3) is 0 Å². The van der Waals surface area contributed by atoms with Crippen molar-refractivity contribution in [3.05, 3.63) is 0 Å². The minimum absolute atomic E-state index is 0.831. The van der Waals surface area contributed by atoms with Gasteiger partial charge in [-0.25, -0.2) is 0 Å². The molecule has 1 heteroatoms. The summed E-state index contributed by atoms with van der Waals surface area (Å²) in [6, 6.07) is 0. The van der Waals surface area contributed by atoms with Gasteiger partial charge in [0.2, 0.25) is 0 Å². The molecule has 14 heavy (non-hydrogen) atoms. The first-order valence-corrected chi connectivity index (χ1v) is 6.10. The van der Waals surface area contributed by atoms with Crippen molar-refractivity contribution in [3.63, 3.8) is 0 Å². The Morgan fingerprint density at radius 1 is 0.929 bits per heavy atom. The average molecular weight is 199 g/mol. The molecule has 0 amide bonds. The van der Waals surface area contributed by atoms with Crippen LogP contribution < -0.4 is 0 Å². The minimum Gasteiger partial charge on any atom is -0.306 e. The van der Waals surface area contributed by atoms with Crippen LogP contribution in [0.4, 0.5) is 0 Å². The molecule has 1 nitrogen and oxygen atoms in total. The quantitative estimate of drug-likeness (QED) is 0.605. The van der Waals surface area contributed by atoms with E-state index in [4.69, 9.17) is 0 Å². The maximum absolute atomic E-state index is 2.48. The summed E-state index contributed by atoms with van der Waals surface area (Å²) in [7, 11) is 2.25. The summed E-state index contributed by atoms with van der Waals surface area (Å²) in [5, 5.41) is 0. The molecule has 0 aliphatic carbocycles. The topological polar surface area (TPSA) is 3.24 Å². The van der Waals surface area contributed by atoms with E-state index in [1.54, 1.807) is 0 Å². The van der Waals surface area contributed by atoms with Crippen molar-refractivity contribution in [2.75, 3.05) is 20.1 Å². The summed E-state index contributed by atoms with van der Waals surface area (Å²) in [6.45, 7) is 14.1. The highest BCUT2D eigenvalue weighted by Crippen LogP contribution is 2.12. The van der Waals surface area contributed by atoms with E-state index in [1.165, 1.54) is 25.9 Å². The molecule has 1 atom stereocenters. The van der Waals surface area contributed by atoms with Crippen molar-refractivity contribution in [2.24, 2.45) is 17.8 Å². The van der Waals surface area contributed by atoms with Crippen molar-refractivity contribution in [2.45, 2.75) is 47.5 Å². The summed E-state index contributed by atoms with van der Waals surface area (Å²) in [4.78, 5) is 2.48. The van der Waals surface area contributed by atoms with Crippen LogP contribution in [-0.2, 0) is 0 Å². The predicted molar refractivity (Wildman–Crippen MR) is 65.6 cm³/mol. The van der Waals surface area contributed by atoms with Gasteiger partial charge in [-0.3, -0.25) is 0 Å². The van der Waals surface area contributed by atoms with Gasteiger partial charge in [-0.15, -0.1) is 0 Å². The highest BCUT2D eigenvalue weighted by molar-refractivity contribution is 4.62. The van der Waals surface area contributed by atoms with Crippen molar-refractivity contribution < 1.29 is 0 Å². The fraction of sp³-hybridized carbons (Fsp3) is 1.00. The zero-order chi connectivity index (χ0) is 11.1. The van der Waals surface area contributed by atoms with E-state index >= 15 is 0 Å². The van der Waals surface area contributed by atoms with Crippen LogP contribution in [0.25, 0.3) is 0 Å². The largest absolute Gasteiger partial charge is 0.306 e. The Balaban J connectivity index is 3.55. The van der Waals surface area contributed by atoms with Gasteiger partial charge in [-0.1, -0.05) is 34.6 Å². The summed E-state index contributed by atoms with van der Waals surface area (Å²) in [5.74, 6) is 2.51. The minimum atomic E-state index is 0.831. The van der Waals surface area contributed by atoms with Crippen molar-refractivity contribution in [3.8, 4) is 0 Å². The molecular formula is C13H29N. The molecule has 0 N–H and O–H groups in total. The Labute approximate surface area is 90.9 Å². The average Bonchev–Trinajstić information content (AvgIpc) is 1.98. The zero-order valence-corrected chi connectivity index (χ0v) is 11.0. The molecule has 0 spiro atoms. The molecule has 0 saturated heterocycles. The highest BCUT2D eigenvalue weighted by Gasteiger charge is 2.08. The van der Waals surface area contributed by atoms with Crippen LogP contribution in [0.1, 0.15) is 47.5 Å². The molecule has 0 radical (unpaired) electrons. The fourth-order valence-corrected chi connectivity index (χ4v) is 1.98. The number of nitrogens with zero attached hydrogens (tertiary/aromatic N) is 1. The molecule has 0 aliphatic rings. The highest BCUT2D eigenvalue weighted by atomic mass is 15.1. The molecule has 0 fully saturated rings. The van der Waals surface area contributed by atoms with Crippen LogP contribution in [0.2, 0.25) is 0 Å². The van der Waals surface area contributed by atoms with E-state index in [9.17, 15) is 0 Å². The predicted octanol–water partition coefficient (Wildman–Crippen LogP) is 3.65. The smallest absolute Gasteiger partial charge is 0.000407 e. The maximum Gasteiger partial charge on any atom is 0.000407 e. The summed E-state index contributed by atoms with van der Waals surface area (Å²) < 4.78 is 0. The first-order valence-electron chi connectivity index (χ1n) is 6.10. The molecule has 0 rings (SSSR count). The Morgan fingerprint density at radius 2 is 1.50 bits per heavy atom. The molecule has 0 saturated carbocycles. The van der Waals surface area contributed by atoms with Gasteiger partial charge < -0.3 is 4.90 Å². The normalized spacial score (nSPS) is 14.4. The molecule has 0 aliphatic heterocycles. The lowest BCUT2D eigenvalue weighted by Gasteiger charge is -2.23. The second-order valence-corrected chi connectivity index (χ2v) is 5.68. The molecule has 0 aromatic heterocycles. The van der Waals surface area contributed by atoms with Crippen LogP contribution >= 0.6 is 0 Å². The van der Waals surface area contributed by atoms with E-state index in [1.807, 2.05) is 0 Å². The van der Waals surface area contributed by atoms with Gasteiger partial charge in [0.1, 0.15) is 0 Å². The van der Waals surface area contributed by atoms with Crippen LogP contribution in [-0.4, -0.2) is 25.0 Å². The van der Waals surface area contributed by atoms with Crippen LogP contribution in [0, 0.1) is 17.8 Å². The molecule has 0 bridgehead atoms. The van der Waals surface area contributed by atoms with Crippen molar-refractivity contribution in [1.29, 1.82) is 0 Å². The fourth-order valence-electron chi connectivity index (χ4n) is 1.98. The van der Waals surface area contributed by atoms with Crippen LogP contribution in [0.3, 0.4) is 0 Å². The van der Waals surface area contributed by atoms with E-state index in [0.29, 0.717) is 0 Å². The molecular weight excluding hydrogens is 170 g/mol. The van der Waals surface area contributed by atoms with E-state index in [-0.39, 0.29) is 0 Å². The van der Waals surface area contributed by atoms with Crippen LogP contribution in [0.15, 0.2) is 0 Å². The van der Waals surface area contributed by atoms with Crippen LogP contribution in [0.5, 0.6) is 0 Å². The zero-order valence-electron chi connectivity index (χ0n) is 11.0. The third-order valence-electron chi connectivity index (χ3n) is 2.59. The number of rotatable bonds is 7. The van der Waals surface area contributed by atoms with E-state index < -0.39 is 0 Å². The summed E-state index contributed by atoms with van der Waals surface area (Å²) >= 11 is 0. The van der Waals surface area contributed by atoms with Gasteiger partial charge in [0.05, 0.1) is 0 Å². The lowest BCUT2D eigenvalue weighted by atomic mass is 9.98. The molecule has 0 heterocycles. The second kappa shape index (κ2) is 7.28. The summed E-state index contributed by atoms with van der Waals surface area (Å²) in [5.41, 5.74) is 0. The summed E-state index contributed by atoms with van der Waals surface area (Å²) in [6.07, 6.45) is 2.68. The number of hydrogen-bond donors (Lipinski definition) is 0. The van der Waals surface area contributed by atoms with Gasteiger partial charge in [-0.2, -0.15) is 0 Å². The third kappa shape index (κ3) is 8.55.